The first-order valence-electron chi connectivity index (χ1n) is 19.4. The highest BCUT2D eigenvalue weighted by Gasteiger charge is 2.47. The molecule has 6 aliphatic rings. The second-order valence-corrected chi connectivity index (χ2v) is 16.5. The van der Waals surface area contributed by atoms with Gasteiger partial charge in [0.2, 0.25) is 6.71 Å². The molecule has 9 heteroatoms. The van der Waals surface area contributed by atoms with Crippen LogP contribution in [0.15, 0.2) is 168 Å². The number of benzene rings is 8. The molecule has 0 aliphatic carbocycles. The number of nitrogens with zero attached hydrogens (tertiary/aromatic N) is 1. The van der Waals surface area contributed by atoms with Gasteiger partial charge in [-0.1, -0.05) is 102 Å². The van der Waals surface area contributed by atoms with Gasteiger partial charge in [0.1, 0.15) is 46.0 Å². The van der Waals surface area contributed by atoms with Gasteiger partial charge in [0, 0.05) is 43.8 Å². The normalized spacial score (nSPS) is 14.7. The molecule has 8 aromatic carbocycles. The lowest BCUT2D eigenvalue weighted by atomic mass is 9.30. The highest BCUT2D eigenvalue weighted by molar-refractivity contribution is 8.00. The molecule has 0 amide bonds. The summed E-state index contributed by atoms with van der Waals surface area (Å²) in [7, 11) is 0. The molecule has 6 aliphatic heterocycles. The van der Waals surface area contributed by atoms with E-state index in [-0.39, 0.29) is 20.1 Å². The minimum Gasteiger partial charge on any atom is -0.458 e. The third kappa shape index (κ3) is 4.04. The molecule has 8 aromatic rings. The summed E-state index contributed by atoms with van der Waals surface area (Å²) < 4.78 is 26.7. The van der Waals surface area contributed by atoms with Crippen molar-refractivity contribution in [1.29, 1.82) is 0 Å². The molecule has 262 valence electrons. The Balaban J connectivity index is 1.05. The summed E-state index contributed by atoms with van der Waals surface area (Å²) >= 11 is 1.84. The molecule has 0 atom stereocenters. The molecule has 0 N–H and O–H groups in total. The van der Waals surface area contributed by atoms with Crippen LogP contribution in [-0.2, 0) is 0 Å². The second kappa shape index (κ2) is 11.0. The smallest absolute Gasteiger partial charge is 0.260 e. The minimum atomic E-state index is -0.0449. The van der Waals surface area contributed by atoms with Crippen LogP contribution >= 0.6 is 11.8 Å². The average molecular weight is 745 g/mol. The van der Waals surface area contributed by atoms with Crippen LogP contribution in [-0.4, -0.2) is 20.1 Å². The van der Waals surface area contributed by atoms with Crippen LogP contribution in [0.1, 0.15) is 0 Å². The van der Waals surface area contributed by atoms with E-state index in [1.165, 1.54) is 31.9 Å². The number of fused-ring (bicyclic) bond motifs is 12. The molecular formula is C48H26B3NO4S. The van der Waals surface area contributed by atoms with Crippen molar-refractivity contribution in [3.8, 4) is 46.0 Å². The Bertz CT molecular complexity index is 3120. The van der Waals surface area contributed by atoms with Crippen LogP contribution in [0.3, 0.4) is 0 Å². The SMILES string of the molecule is c1ccc(N2c3cc4c(cc3B3c5cc6c(cc5Sc5cccc2c53)Oc2cccc3c2B6c2ccccc2O3)B2c3ccccc3Oc3cccc(c32)O4)cc1. The van der Waals surface area contributed by atoms with Crippen LogP contribution in [0.25, 0.3) is 0 Å². The highest BCUT2D eigenvalue weighted by Crippen LogP contribution is 2.45. The molecule has 0 fully saturated rings. The van der Waals surface area contributed by atoms with Crippen molar-refractivity contribution < 1.29 is 18.9 Å². The quantitative estimate of drug-likeness (QED) is 0.195. The van der Waals surface area contributed by atoms with Crippen LogP contribution in [0, 0.1) is 0 Å². The number of hydrogen-bond acceptors (Lipinski definition) is 6. The summed E-state index contributed by atoms with van der Waals surface area (Å²) in [5, 5.41) is 0. The zero-order chi connectivity index (χ0) is 36.9. The van der Waals surface area contributed by atoms with Crippen LogP contribution in [0.5, 0.6) is 46.0 Å². The maximum absolute atomic E-state index is 6.90. The molecule has 5 nitrogen and oxygen atoms in total. The topological polar surface area (TPSA) is 40.2 Å². The summed E-state index contributed by atoms with van der Waals surface area (Å²) in [4.78, 5) is 4.90. The Morgan fingerprint density at radius 3 is 1.49 bits per heavy atom. The first-order chi connectivity index (χ1) is 28.2. The van der Waals surface area contributed by atoms with Crippen LogP contribution < -0.4 is 73.0 Å². The van der Waals surface area contributed by atoms with Crippen molar-refractivity contribution in [2.75, 3.05) is 4.90 Å². The van der Waals surface area contributed by atoms with Gasteiger partial charge in [0.05, 0.1) is 0 Å². The molecule has 0 spiro atoms. The Kier molecular flexibility index (Phi) is 5.88. The van der Waals surface area contributed by atoms with E-state index in [2.05, 4.69) is 150 Å². The summed E-state index contributed by atoms with van der Waals surface area (Å²) in [6.07, 6.45) is 0. The van der Waals surface area contributed by atoms with Crippen molar-refractivity contribution >= 4 is 98.1 Å². The molecule has 0 unspecified atom stereocenters. The molecule has 0 saturated carbocycles. The van der Waals surface area contributed by atoms with Crippen molar-refractivity contribution in [2.24, 2.45) is 0 Å². The second-order valence-electron chi connectivity index (χ2n) is 15.5. The molecule has 57 heavy (non-hydrogen) atoms. The van der Waals surface area contributed by atoms with Gasteiger partial charge in [-0.05, 0) is 99.5 Å². The lowest BCUT2D eigenvalue weighted by Crippen LogP contribution is -2.64. The van der Waals surface area contributed by atoms with E-state index >= 15 is 0 Å². The first kappa shape index (κ1) is 30.5. The largest absolute Gasteiger partial charge is 0.458 e. The number of ether oxygens (including phenoxy) is 4. The van der Waals surface area contributed by atoms with Gasteiger partial charge in [-0.15, -0.1) is 0 Å². The van der Waals surface area contributed by atoms with Gasteiger partial charge in [0.15, 0.2) is 0 Å². The minimum absolute atomic E-state index is 0.0219. The number of rotatable bonds is 1. The zero-order valence-electron chi connectivity index (χ0n) is 30.2. The summed E-state index contributed by atoms with van der Waals surface area (Å²) in [6.45, 7) is -0.108. The fourth-order valence-electron chi connectivity index (χ4n) is 10.3. The van der Waals surface area contributed by atoms with Crippen LogP contribution in [0.4, 0.5) is 17.1 Å². The summed E-state index contributed by atoms with van der Waals surface area (Å²) in [6, 6.07) is 56.2. The lowest BCUT2D eigenvalue weighted by molar-refractivity contribution is 0.463. The lowest BCUT2D eigenvalue weighted by Gasteiger charge is -2.42. The Hall–Kier alpha value is -6.70. The molecule has 0 saturated heterocycles. The maximum Gasteiger partial charge on any atom is 0.260 e. The van der Waals surface area contributed by atoms with Crippen molar-refractivity contribution in [3.05, 3.63) is 158 Å². The third-order valence-corrected chi connectivity index (χ3v) is 13.7. The molecule has 14 rings (SSSR count). The van der Waals surface area contributed by atoms with E-state index in [9.17, 15) is 0 Å². The standard InChI is InChI=1S/C48H26B3NO4S/c1-2-11-27(12-3-1)52-34-15-8-22-44-46(34)51(30-23-31-42(25-35(30)52)55-40-20-9-18-38-47(40)49(31)28-13-4-6-16-36(28)53-38)33-24-32-43(26-45(33)57-44)56-41-21-10-19-39-48(41)50(32)29-14-5-7-17-37(29)54-39/h1-26H. The van der Waals surface area contributed by atoms with Crippen molar-refractivity contribution in [2.45, 2.75) is 9.79 Å². The number of anilines is 3. The van der Waals surface area contributed by atoms with Gasteiger partial charge < -0.3 is 23.8 Å². The third-order valence-electron chi connectivity index (χ3n) is 12.6. The van der Waals surface area contributed by atoms with E-state index in [0.717, 1.165) is 90.1 Å². The number of para-hydroxylation sites is 3. The van der Waals surface area contributed by atoms with E-state index in [4.69, 9.17) is 18.9 Å². The fraction of sp³-hybridized carbons (Fsp3) is 0. The predicted molar refractivity (Wildman–Crippen MR) is 232 cm³/mol. The number of hydrogen-bond donors (Lipinski definition) is 0. The molecule has 0 radical (unpaired) electrons. The summed E-state index contributed by atoms with van der Waals surface area (Å²) in [5.74, 6) is 6.94. The van der Waals surface area contributed by atoms with Crippen molar-refractivity contribution in [1.82, 2.24) is 0 Å². The van der Waals surface area contributed by atoms with Crippen molar-refractivity contribution in [3.63, 3.8) is 0 Å². The van der Waals surface area contributed by atoms with Gasteiger partial charge in [-0.25, -0.2) is 0 Å². The van der Waals surface area contributed by atoms with Gasteiger partial charge in [-0.2, -0.15) is 0 Å². The van der Waals surface area contributed by atoms with E-state index < -0.39 is 0 Å². The Morgan fingerprint density at radius 2 is 0.842 bits per heavy atom. The molecular weight excluding hydrogens is 719 g/mol. The van der Waals surface area contributed by atoms with Gasteiger partial charge in [0.25, 0.3) is 13.4 Å². The first-order valence-corrected chi connectivity index (χ1v) is 20.2. The van der Waals surface area contributed by atoms with Gasteiger partial charge >= 0.3 is 0 Å². The van der Waals surface area contributed by atoms with E-state index in [0.29, 0.717) is 0 Å². The molecule has 0 bridgehead atoms. The van der Waals surface area contributed by atoms with E-state index in [1.54, 1.807) is 0 Å². The Morgan fingerprint density at radius 1 is 0.333 bits per heavy atom. The zero-order valence-corrected chi connectivity index (χ0v) is 31.0. The summed E-state index contributed by atoms with van der Waals surface area (Å²) in [5.41, 5.74) is 14.1. The fourth-order valence-corrected chi connectivity index (χ4v) is 11.5. The molecule has 0 aromatic heterocycles. The Labute approximate surface area is 334 Å². The van der Waals surface area contributed by atoms with Crippen LogP contribution in [0.2, 0.25) is 0 Å². The monoisotopic (exact) mass is 745 g/mol. The average Bonchev–Trinajstić information content (AvgIpc) is 3.25. The predicted octanol–water partition coefficient (Wildman–Crippen LogP) is 5.91. The van der Waals surface area contributed by atoms with E-state index in [1.807, 2.05) is 23.9 Å². The highest BCUT2D eigenvalue weighted by atomic mass is 32.2. The maximum atomic E-state index is 6.90. The van der Waals surface area contributed by atoms with Gasteiger partial charge in [-0.3, -0.25) is 0 Å². The molecule has 6 heterocycles.